The zero-order valence-electron chi connectivity index (χ0n) is 16.1. The van der Waals surface area contributed by atoms with E-state index in [1.54, 1.807) is 18.2 Å². The second-order valence-electron chi connectivity index (χ2n) is 6.82. The van der Waals surface area contributed by atoms with Crippen LogP contribution in [0.2, 0.25) is 0 Å². The molecule has 0 N–H and O–H groups in total. The summed E-state index contributed by atoms with van der Waals surface area (Å²) in [4.78, 5) is 25.0. The van der Waals surface area contributed by atoms with Crippen molar-refractivity contribution in [1.29, 1.82) is 5.26 Å². The lowest BCUT2D eigenvalue weighted by Gasteiger charge is -2.23. The first-order chi connectivity index (χ1) is 14.3. The molecule has 1 saturated carbocycles. The van der Waals surface area contributed by atoms with Crippen LogP contribution in [0.15, 0.2) is 46.3 Å². The SMILES string of the molecule is COC(=O)C1CCCC/C1=N\n1c(-c2ccccc2)cc(C(F)(F)F)c(C#N)c1=O. The Morgan fingerprint density at radius 3 is 2.57 bits per heavy atom. The molecule has 6 nitrogen and oxygen atoms in total. The molecule has 2 aromatic rings. The van der Waals surface area contributed by atoms with Crippen LogP contribution in [0.4, 0.5) is 13.2 Å². The van der Waals surface area contributed by atoms with Crippen molar-refractivity contribution in [2.75, 3.05) is 7.11 Å². The van der Waals surface area contributed by atoms with Crippen molar-refractivity contribution in [2.45, 2.75) is 31.9 Å². The zero-order valence-corrected chi connectivity index (χ0v) is 16.1. The minimum absolute atomic E-state index is 0.117. The number of benzene rings is 1. The topological polar surface area (TPSA) is 84.4 Å². The summed E-state index contributed by atoms with van der Waals surface area (Å²) in [5.41, 5.74) is -3.01. The highest BCUT2D eigenvalue weighted by atomic mass is 19.4. The third-order valence-corrected chi connectivity index (χ3v) is 4.96. The zero-order chi connectivity index (χ0) is 21.9. The molecule has 156 valence electrons. The third-order valence-electron chi connectivity index (χ3n) is 4.96. The van der Waals surface area contributed by atoms with Crippen LogP contribution in [-0.2, 0) is 15.7 Å². The number of methoxy groups -OCH3 is 1. The van der Waals surface area contributed by atoms with Crippen molar-refractivity contribution in [3.8, 4) is 17.3 Å². The normalized spacial score (nSPS) is 18.1. The van der Waals surface area contributed by atoms with Gasteiger partial charge in [0.05, 0.1) is 30.0 Å². The lowest BCUT2D eigenvalue weighted by Crippen LogP contribution is -2.32. The van der Waals surface area contributed by atoms with E-state index < -0.39 is 34.7 Å². The van der Waals surface area contributed by atoms with Crippen molar-refractivity contribution < 1.29 is 22.7 Å². The molecule has 1 fully saturated rings. The maximum absolute atomic E-state index is 13.5. The third kappa shape index (κ3) is 4.13. The van der Waals surface area contributed by atoms with E-state index in [2.05, 4.69) is 5.10 Å². The molecule has 1 aromatic carbocycles. The van der Waals surface area contributed by atoms with Crippen LogP contribution >= 0.6 is 0 Å². The van der Waals surface area contributed by atoms with E-state index in [0.29, 0.717) is 30.5 Å². The van der Waals surface area contributed by atoms with Gasteiger partial charge in [0, 0.05) is 5.56 Å². The fourth-order valence-electron chi connectivity index (χ4n) is 3.49. The number of esters is 1. The molecular formula is C21H18F3N3O3. The summed E-state index contributed by atoms with van der Waals surface area (Å²) in [6, 6.07) is 10.1. The van der Waals surface area contributed by atoms with Crippen molar-refractivity contribution in [2.24, 2.45) is 11.0 Å². The lowest BCUT2D eigenvalue weighted by molar-refractivity contribution is -0.143. The smallest absolute Gasteiger partial charge is 0.417 e. The van der Waals surface area contributed by atoms with Gasteiger partial charge in [0.2, 0.25) is 0 Å². The summed E-state index contributed by atoms with van der Waals surface area (Å²) in [6.45, 7) is 0. The quantitative estimate of drug-likeness (QED) is 0.708. The molecule has 0 amide bonds. The molecule has 0 saturated heterocycles. The Balaban J connectivity index is 2.31. The highest BCUT2D eigenvalue weighted by Gasteiger charge is 2.37. The Morgan fingerprint density at radius 1 is 1.27 bits per heavy atom. The van der Waals surface area contributed by atoms with Crippen LogP contribution in [0, 0.1) is 17.2 Å². The Morgan fingerprint density at radius 2 is 1.97 bits per heavy atom. The Kier molecular flexibility index (Phi) is 6.06. The van der Waals surface area contributed by atoms with Gasteiger partial charge in [-0.1, -0.05) is 36.8 Å². The van der Waals surface area contributed by atoms with Crippen molar-refractivity contribution in [3.63, 3.8) is 0 Å². The minimum atomic E-state index is -4.89. The monoisotopic (exact) mass is 417 g/mol. The molecule has 1 aromatic heterocycles. The molecule has 0 bridgehead atoms. The molecule has 1 atom stereocenters. The van der Waals surface area contributed by atoms with Gasteiger partial charge in [-0.05, 0) is 25.3 Å². The van der Waals surface area contributed by atoms with Gasteiger partial charge in [0.1, 0.15) is 11.6 Å². The maximum Gasteiger partial charge on any atom is 0.417 e. The predicted octanol–water partition coefficient (Wildman–Crippen LogP) is 3.97. The number of hydrogen-bond donors (Lipinski definition) is 0. The molecule has 1 unspecified atom stereocenters. The second-order valence-corrected chi connectivity index (χ2v) is 6.82. The van der Waals surface area contributed by atoms with E-state index >= 15 is 0 Å². The second kappa shape index (κ2) is 8.53. The molecule has 9 heteroatoms. The number of halogens is 3. The van der Waals surface area contributed by atoms with Gasteiger partial charge < -0.3 is 4.74 Å². The molecule has 0 spiro atoms. The Bertz CT molecular complexity index is 1080. The van der Waals surface area contributed by atoms with Crippen LogP contribution < -0.4 is 5.56 Å². The molecule has 30 heavy (non-hydrogen) atoms. The number of aromatic nitrogens is 1. The van der Waals surface area contributed by atoms with E-state index in [0.717, 1.165) is 17.2 Å². The standard InChI is InChI=1S/C21H18F3N3O3/c1-30-20(29)14-9-5-6-10-17(14)26-27-18(13-7-3-2-4-8-13)11-16(21(22,23)24)15(12-25)19(27)28/h2-4,7-8,11,14H,5-6,9-10H2,1H3/b26-17+. The van der Waals surface area contributed by atoms with Crippen LogP contribution in [0.1, 0.15) is 36.8 Å². The number of carbonyl (C=O) groups is 1. The first-order valence-electron chi connectivity index (χ1n) is 9.26. The van der Waals surface area contributed by atoms with Crippen LogP contribution in [-0.4, -0.2) is 23.5 Å². The van der Waals surface area contributed by atoms with E-state index in [-0.39, 0.29) is 5.69 Å². The predicted molar refractivity (Wildman–Crippen MR) is 103 cm³/mol. The van der Waals surface area contributed by atoms with Gasteiger partial charge in [-0.15, -0.1) is 0 Å². The van der Waals surface area contributed by atoms with Gasteiger partial charge >= 0.3 is 12.1 Å². The van der Waals surface area contributed by atoms with Gasteiger partial charge in [-0.3, -0.25) is 9.59 Å². The highest BCUT2D eigenvalue weighted by molar-refractivity contribution is 6.02. The number of ether oxygens (including phenoxy) is 1. The number of carbonyl (C=O) groups excluding carboxylic acids is 1. The summed E-state index contributed by atoms with van der Waals surface area (Å²) >= 11 is 0. The van der Waals surface area contributed by atoms with Crippen molar-refractivity contribution in [3.05, 3.63) is 57.9 Å². The minimum Gasteiger partial charge on any atom is -0.469 e. The van der Waals surface area contributed by atoms with Crippen LogP contribution in [0.5, 0.6) is 0 Å². The van der Waals surface area contributed by atoms with Crippen LogP contribution in [0.25, 0.3) is 11.3 Å². The van der Waals surface area contributed by atoms with E-state index in [1.807, 2.05) is 0 Å². The average molecular weight is 417 g/mol. The van der Waals surface area contributed by atoms with E-state index in [1.165, 1.54) is 25.3 Å². The van der Waals surface area contributed by atoms with E-state index in [4.69, 9.17) is 4.74 Å². The maximum atomic E-state index is 13.5. The van der Waals surface area contributed by atoms with Gasteiger partial charge in [-0.2, -0.15) is 28.2 Å². The Labute approximate surface area is 170 Å². The van der Waals surface area contributed by atoms with Crippen molar-refractivity contribution in [1.82, 2.24) is 4.68 Å². The fraction of sp³-hybridized carbons (Fsp3) is 0.333. The summed E-state index contributed by atoms with van der Waals surface area (Å²) in [5.74, 6) is -1.21. The molecule has 0 aliphatic heterocycles. The van der Waals surface area contributed by atoms with Crippen molar-refractivity contribution >= 4 is 11.7 Å². The largest absolute Gasteiger partial charge is 0.469 e. The van der Waals surface area contributed by atoms with Gasteiger partial charge in [0.15, 0.2) is 0 Å². The summed E-state index contributed by atoms with van der Waals surface area (Å²) < 4.78 is 46.2. The number of alkyl halides is 3. The molecular weight excluding hydrogens is 399 g/mol. The number of nitriles is 1. The van der Waals surface area contributed by atoms with E-state index in [9.17, 15) is 28.0 Å². The summed E-state index contributed by atoms with van der Waals surface area (Å²) in [6.07, 6.45) is -2.56. The number of rotatable bonds is 3. The molecule has 1 aliphatic carbocycles. The number of nitrogens with zero attached hydrogens (tertiary/aromatic N) is 3. The first kappa shape index (κ1) is 21.3. The molecule has 3 rings (SSSR count). The van der Waals surface area contributed by atoms with Gasteiger partial charge in [-0.25, -0.2) is 0 Å². The van der Waals surface area contributed by atoms with Gasteiger partial charge in [0.25, 0.3) is 5.56 Å². The average Bonchev–Trinajstić information content (AvgIpc) is 2.74. The fourth-order valence-corrected chi connectivity index (χ4v) is 3.49. The highest BCUT2D eigenvalue weighted by Crippen LogP contribution is 2.34. The summed E-state index contributed by atoms with van der Waals surface area (Å²) in [7, 11) is 1.24. The number of hydrogen-bond acceptors (Lipinski definition) is 5. The molecule has 1 heterocycles. The molecule has 0 radical (unpaired) electrons. The summed E-state index contributed by atoms with van der Waals surface area (Å²) in [5, 5.41) is 13.5. The Hall–Kier alpha value is -3.41. The first-order valence-corrected chi connectivity index (χ1v) is 9.26. The molecule has 1 aliphatic rings. The number of pyridine rings is 1. The lowest BCUT2D eigenvalue weighted by atomic mass is 9.87. The van der Waals surface area contributed by atoms with Crippen LogP contribution in [0.3, 0.4) is 0 Å².